The molecule has 0 radical (unpaired) electrons. The van der Waals surface area contributed by atoms with Crippen molar-refractivity contribution in [2.75, 3.05) is 12.4 Å². The van der Waals surface area contributed by atoms with Crippen LogP contribution in [0, 0.1) is 5.82 Å². The first kappa shape index (κ1) is 31.2. The molecule has 1 aliphatic rings. The normalized spacial score (nSPS) is 14.3. The number of rotatable bonds is 9. The number of anilines is 1. The van der Waals surface area contributed by atoms with Crippen LogP contribution < -0.4 is 29.7 Å². The zero-order chi connectivity index (χ0) is 33.1. The minimum Gasteiger partial charge on any atom is -0.493 e. The highest BCUT2D eigenvalue weighted by molar-refractivity contribution is 7.07. The van der Waals surface area contributed by atoms with E-state index in [2.05, 4.69) is 10.3 Å². The molecule has 1 atom stereocenters. The van der Waals surface area contributed by atoms with Gasteiger partial charge in [-0.25, -0.2) is 14.2 Å². The van der Waals surface area contributed by atoms with Gasteiger partial charge in [0.1, 0.15) is 12.4 Å². The lowest BCUT2D eigenvalue weighted by molar-refractivity contribution is -0.113. The Labute approximate surface area is 272 Å². The fraction of sp³-hybridized carbons (Fsp3) is 0.111. The van der Waals surface area contributed by atoms with E-state index in [4.69, 9.17) is 9.47 Å². The number of carboxylic acid groups (broad SMARTS) is 1. The molecule has 1 amide bonds. The summed E-state index contributed by atoms with van der Waals surface area (Å²) in [5.74, 6) is -1.03. The fourth-order valence-corrected chi connectivity index (χ4v) is 6.34. The maximum atomic E-state index is 14.0. The van der Waals surface area contributed by atoms with Gasteiger partial charge >= 0.3 is 5.97 Å². The van der Waals surface area contributed by atoms with Crippen LogP contribution in [0.5, 0.6) is 11.5 Å². The molecule has 0 bridgehead atoms. The van der Waals surface area contributed by atoms with Gasteiger partial charge in [-0.05, 0) is 78.2 Å². The number of thiazole rings is 1. The molecule has 11 heteroatoms. The Morgan fingerprint density at radius 3 is 2.49 bits per heavy atom. The van der Waals surface area contributed by atoms with Crippen molar-refractivity contribution < 1.29 is 28.6 Å². The van der Waals surface area contributed by atoms with Crippen molar-refractivity contribution in [2.24, 2.45) is 4.99 Å². The number of amides is 1. The lowest BCUT2D eigenvalue weighted by Crippen LogP contribution is -2.40. The Balaban J connectivity index is 1.35. The third kappa shape index (κ3) is 6.61. The molecule has 0 unspecified atom stereocenters. The van der Waals surface area contributed by atoms with Crippen LogP contribution in [0.2, 0.25) is 0 Å². The van der Waals surface area contributed by atoms with Gasteiger partial charge in [0.2, 0.25) is 0 Å². The van der Waals surface area contributed by atoms with Crippen molar-refractivity contribution in [3.63, 3.8) is 0 Å². The van der Waals surface area contributed by atoms with E-state index in [1.54, 1.807) is 85.8 Å². The van der Waals surface area contributed by atoms with Gasteiger partial charge in [0.05, 0.1) is 34.5 Å². The van der Waals surface area contributed by atoms with E-state index in [0.717, 1.165) is 0 Å². The predicted molar refractivity (Wildman–Crippen MR) is 176 cm³/mol. The van der Waals surface area contributed by atoms with Crippen LogP contribution in [0.3, 0.4) is 0 Å². The van der Waals surface area contributed by atoms with Crippen molar-refractivity contribution in [1.82, 2.24) is 4.57 Å². The van der Waals surface area contributed by atoms with E-state index >= 15 is 0 Å². The van der Waals surface area contributed by atoms with Gasteiger partial charge < -0.3 is 19.9 Å². The van der Waals surface area contributed by atoms with Crippen LogP contribution >= 0.6 is 11.3 Å². The summed E-state index contributed by atoms with van der Waals surface area (Å²) in [5.41, 5.74) is 3.00. The zero-order valence-corrected chi connectivity index (χ0v) is 26.1. The van der Waals surface area contributed by atoms with Crippen LogP contribution in [0.1, 0.15) is 40.0 Å². The Morgan fingerprint density at radius 1 is 1.00 bits per heavy atom. The molecule has 0 saturated heterocycles. The van der Waals surface area contributed by atoms with Crippen LogP contribution in [0.25, 0.3) is 6.08 Å². The molecule has 0 aliphatic carbocycles. The number of nitrogens with zero attached hydrogens (tertiary/aromatic N) is 2. The Bertz CT molecular complexity index is 2210. The number of aromatic carboxylic acids is 1. The smallest absolute Gasteiger partial charge is 0.335 e. The van der Waals surface area contributed by atoms with E-state index in [0.29, 0.717) is 48.9 Å². The molecule has 0 saturated carbocycles. The van der Waals surface area contributed by atoms with Gasteiger partial charge in [-0.2, -0.15) is 0 Å². The zero-order valence-electron chi connectivity index (χ0n) is 25.3. The molecule has 2 heterocycles. The van der Waals surface area contributed by atoms with Crippen molar-refractivity contribution in [3.05, 3.63) is 156 Å². The molecule has 47 heavy (non-hydrogen) atoms. The van der Waals surface area contributed by atoms with E-state index in [1.807, 2.05) is 6.07 Å². The quantitative estimate of drug-likeness (QED) is 0.224. The first-order valence-electron chi connectivity index (χ1n) is 14.5. The topological polar surface area (TPSA) is 119 Å². The maximum absolute atomic E-state index is 14.0. The highest BCUT2D eigenvalue weighted by Gasteiger charge is 2.32. The molecule has 1 aromatic heterocycles. The number of aromatic nitrogens is 1. The predicted octanol–water partition coefficient (Wildman–Crippen LogP) is 5.30. The van der Waals surface area contributed by atoms with Crippen LogP contribution in [-0.2, 0) is 11.4 Å². The molecule has 236 valence electrons. The maximum Gasteiger partial charge on any atom is 0.335 e. The number of fused-ring (bicyclic) bond motifs is 1. The number of nitrogens with one attached hydrogen (secondary N) is 1. The van der Waals surface area contributed by atoms with Gasteiger partial charge in [-0.15, -0.1) is 0 Å². The summed E-state index contributed by atoms with van der Waals surface area (Å²) in [5, 5.41) is 12.2. The van der Waals surface area contributed by atoms with Crippen LogP contribution in [-0.4, -0.2) is 28.7 Å². The lowest BCUT2D eigenvalue weighted by atomic mass is 9.95. The number of hydrogen-bond acceptors (Lipinski definition) is 7. The van der Waals surface area contributed by atoms with E-state index in [1.165, 1.54) is 41.2 Å². The van der Waals surface area contributed by atoms with Crippen molar-refractivity contribution in [2.45, 2.75) is 19.6 Å². The Morgan fingerprint density at radius 2 is 1.77 bits per heavy atom. The average molecular weight is 650 g/mol. The number of carbonyl (C=O) groups excluding carboxylic acids is 1. The van der Waals surface area contributed by atoms with Gasteiger partial charge in [-0.3, -0.25) is 14.2 Å². The lowest BCUT2D eigenvalue weighted by Gasteiger charge is -2.25. The summed E-state index contributed by atoms with van der Waals surface area (Å²) in [7, 11) is 1.50. The van der Waals surface area contributed by atoms with Crippen LogP contribution in [0.4, 0.5) is 10.1 Å². The number of carbonyl (C=O) groups is 2. The second-order valence-corrected chi connectivity index (χ2v) is 11.7. The van der Waals surface area contributed by atoms with Gasteiger partial charge in [0.25, 0.3) is 11.5 Å². The summed E-state index contributed by atoms with van der Waals surface area (Å²) >= 11 is 1.18. The average Bonchev–Trinajstić information content (AvgIpc) is 3.37. The number of carboxylic acids is 1. The summed E-state index contributed by atoms with van der Waals surface area (Å²) in [6, 6.07) is 25.5. The molecular formula is C36H28FN3O6S. The van der Waals surface area contributed by atoms with Gasteiger partial charge in [-0.1, -0.05) is 59.9 Å². The summed E-state index contributed by atoms with van der Waals surface area (Å²) in [6.07, 6.45) is 1.71. The molecule has 2 N–H and O–H groups in total. The monoisotopic (exact) mass is 649 g/mol. The summed E-state index contributed by atoms with van der Waals surface area (Å²) < 4.78 is 27.3. The number of para-hydroxylation sites is 1. The number of methoxy groups -OCH3 is 1. The molecule has 0 fully saturated rings. The standard InChI is InChI=1S/C36H28FN3O6S/c1-21-31(33(41)39-27-9-4-3-5-10-27)32(24-12-14-26(37)15-13-24)40-34(42)30(47-36(40)38-21)19-22-11-16-28(29(18-22)45-2)46-20-23-7-6-8-25(17-23)35(43)44/h3-19,32H,20H2,1-2H3,(H,39,41)(H,43,44)/b30-19-/t32-/m0/s1. The van der Waals surface area contributed by atoms with E-state index < -0.39 is 23.7 Å². The highest BCUT2D eigenvalue weighted by atomic mass is 32.1. The largest absolute Gasteiger partial charge is 0.493 e. The second-order valence-electron chi connectivity index (χ2n) is 10.7. The van der Waals surface area contributed by atoms with Crippen molar-refractivity contribution in [1.29, 1.82) is 0 Å². The first-order valence-corrected chi connectivity index (χ1v) is 15.3. The molecule has 9 nitrogen and oxygen atoms in total. The number of allylic oxidation sites excluding steroid dienone is 1. The molecule has 1 aliphatic heterocycles. The van der Waals surface area contributed by atoms with Gasteiger partial charge in [0, 0.05) is 5.69 Å². The third-order valence-corrected chi connectivity index (χ3v) is 8.52. The molecule has 4 aromatic carbocycles. The Hall–Kier alpha value is -5.81. The minimum atomic E-state index is -1.02. The number of halogens is 1. The van der Waals surface area contributed by atoms with Crippen LogP contribution in [0.15, 0.2) is 118 Å². The number of ether oxygens (including phenoxy) is 2. The number of benzene rings is 4. The highest BCUT2D eigenvalue weighted by Crippen LogP contribution is 2.32. The fourth-order valence-electron chi connectivity index (χ4n) is 5.29. The molecule has 0 spiro atoms. The second kappa shape index (κ2) is 13.3. The molecule has 5 aromatic rings. The summed E-state index contributed by atoms with van der Waals surface area (Å²) in [6.45, 7) is 1.84. The van der Waals surface area contributed by atoms with E-state index in [-0.39, 0.29) is 23.3 Å². The number of hydrogen-bond donors (Lipinski definition) is 2. The Kier molecular flexibility index (Phi) is 8.81. The first-order chi connectivity index (χ1) is 22.7. The third-order valence-electron chi connectivity index (χ3n) is 7.54. The van der Waals surface area contributed by atoms with Gasteiger partial charge in [0.15, 0.2) is 16.3 Å². The summed E-state index contributed by atoms with van der Waals surface area (Å²) in [4.78, 5) is 44.0. The van der Waals surface area contributed by atoms with Crippen molar-refractivity contribution in [3.8, 4) is 11.5 Å². The molecule has 6 rings (SSSR count). The molecular weight excluding hydrogens is 621 g/mol. The SMILES string of the molecule is COc1cc(/C=c2\sc3n(c2=O)[C@@H](c2ccc(F)cc2)C(C(=O)Nc2ccccc2)=C(C)N=3)ccc1OCc1cccc(C(=O)O)c1. The minimum absolute atomic E-state index is 0.123. The van der Waals surface area contributed by atoms with Crippen molar-refractivity contribution >= 4 is 35.0 Å². The van der Waals surface area contributed by atoms with E-state index in [9.17, 15) is 23.9 Å².